The molecule has 2 amide bonds. The molecular formula is C27H35FN2O3S. The Morgan fingerprint density at radius 2 is 1.76 bits per heavy atom. The maximum Gasteiger partial charge on any atom is 0.242 e. The molecule has 34 heavy (non-hydrogen) atoms. The molecule has 1 atom stereocenters. The van der Waals surface area contributed by atoms with Gasteiger partial charge in [-0.05, 0) is 54.3 Å². The van der Waals surface area contributed by atoms with Crippen LogP contribution in [0.2, 0.25) is 0 Å². The van der Waals surface area contributed by atoms with Crippen molar-refractivity contribution in [2.75, 3.05) is 19.7 Å². The fourth-order valence-electron chi connectivity index (χ4n) is 4.97. The van der Waals surface area contributed by atoms with Gasteiger partial charge in [0, 0.05) is 31.0 Å². The third kappa shape index (κ3) is 7.37. The monoisotopic (exact) mass is 486 g/mol. The number of halogens is 1. The van der Waals surface area contributed by atoms with E-state index < -0.39 is 0 Å². The highest BCUT2D eigenvalue weighted by Gasteiger charge is 2.27. The Morgan fingerprint density at radius 1 is 0.971 bits per heavy atom. The van der Waals surface area contributed by atoms with Gasteiger partial charge in [0.05, 0.1) is 19.2 Å². The quantitative estimate of drug-likeness (QED) is 0.428. The summed E-state index contributed by atoms with van der Waals surface area (Å²) in [5, 5.41) is 1.99. The average Bonchev–Trinajstić information content (AvgIpc) is 3.62. The zero-order valence-corrected chi connectivity index (χ0v) is 20.6. The van der Waals surface area contributed by atoms with Crippen LogP contribution >= 0.6 is 11.3 Å². The Balaban J connectivity index is 1.44. The first-order valence-electron chi connectivity index (χ1n) is 12.5. The van der Waals surface area contributed by atoms with E-state index in [4.69, 9.17) is 4.74 Å². The lowest BCUT2D eigenvalue weighted by molar-refractivity contribution is -0.142. The molecule has 1 aliphatic heterocycles. The molecule has 1 unspecified atom stereocenters. The second kappa shape index (κ2) is 12.5. The summed E-state index contributed by atoms with van der Waals surface area (Å²) < 4.78 is 19.2. The molecule has 4 rings (SSSR count). The summed E-state index contributed by atoms with van der Waals surface area (Å²) in [5.74, 6) is 0.298. The van der Waals surface area contributed by atoms with Crippen molar-refractivity contribution in [1.82, 2.24) is 9.80 Å². The molecule has 2 aromatic rings. The molecule has 1 aliphatic carbocycles. The van der Waals surface area contributed by atoms with Crippen LogP contribution in [0.15, 0.2) is 41.8 Å². The van der Waals surface area contributed by atoms with Crippen LogP contribution < -0.4 is 0 Å². The van der Waals surface area contributed by atoms with Crippen LogP contribution in [-0.2, 0) is 27.4 Å². The van der Waals surface area contributed by atoms with Gasteiger partial charge < -0.3 is 14.5 Å². The number of carbonyl (C=O) groups excluding carboxylic acids is 2. The molecule has 0 bridgehead atoms. The van der Waals surface area contributed by atoms with Crippen LogP contribution in [-0.4, -0.2) is 47.4 Å². The SMILES string of the molecule is O=C(CN(CC1CCCO1)C(=O)CCC1CCCC1)N(Cc1ccc(F)cc1)Cc1cccs1. The Labute approximate surface area is 205 Å². The van der Waals surface area contributed by atoms with E-state index in [1.54, 1.807) is 33.3 Å². The van der Waals surface area contributed by atoms with Crippen molar-refractivity contribution in [1.29, 1.82) is 0 Å². The van der Waals surface area contributed by atoms with Gasteiger partial charge in [-0.3, -0.25) is 9.59 Å². The van der Waals surface area contributed by atoms with Gasteiger partial charge in [-0.1, -0.05) is 43.9 Å². The molecule has 0 N–H and O–H groups in total. The van der Waals surface area contributed by atoms with E-state index in [9.17, 15) is 14.0 Å². The van der Waals surface area contributed by atoms with E-state index in [0.717, 1.165) is 36.3 Å². The number of carbonyl (C=O) groups is 2. The molecule has 7 heteroatoms. The molecular weight excluding hydrogens is 451 g/mol. The van der Waals surface area contributed by atoms with E-state index in [1.165, 1.54) is 37.8 Å². The number of rotatable bonds is 11. The normalized spacial score (nSPS) is 18.3. The first-order chi connectivity index (χ1) is 16.6. The van der Waals surface area contributed by atoms with E-state index in [-0.39, 0.29) is 30.3 Å². The molecule has 1 aromatic carbocycles. The van der Waals surface area contributed by atoms with Gasteiger partial charge in [0.2, 0.25) is 11.8 Å². The van der Waals surface area contributed by atoms with Crippen molar-refractivity contribution in [3.63, 3.8) is 0 Å². The van der Waals surface area contributed by atoms with Crippen molar-refractivity contribution in [3.8, 4) is 0 Å². The van der Waals surface area contributed by atoms with Crippen LogP contribution in [0.1, 0.15) is 61.8 Å². The highest BCUT2D eigenvalue weighted by Crippen LogP contribution is 2.29. The second-order valence-corrected chi connectivity index (χ2v) is 10.6. The molecule has 1 aromatic heterocycles. The summed E-state index contributed by atoms with van der Waals surface area (Å²) in [5.41, 5.74) is 0.865. The van der Waals surface area contributed by atoms with Gasteiger partial charge in [-0.25, -0.2) is 4.39 Å². The third-order valence-electron chi connectivity index (χ3n) is 6.93. The fraction of sp³-hybridized carbons (Fsp3) is 0.556. The summed E-state index contributed by atoms with van der Waals surface area (Å²) in [4.78, 5) is 31.3. The standard InChI is InChI=1S/C27H35FN2O3S/c28-23-12-9-22(10-13-23)17-29(19-25-8-4-16-34-25)27(32)20-30(18-24-7-3-15-33-24)26(31)14-11-21-5-1-2-6-21/h4,8-10,12-13,16,21,24H,1-3,5-7,11,14-15,17-20H2. The summed E-state index contributed by atoms with van der Waals surface area (Å²) in [6, 6.07) is 10.2. The lowest BCUT2D eigenvalue weighted by atomic mass is 10.0. The van der Waals surface area contributed by atoms with Gasteiger partial charge in [0.1, 0.15) is 5.82 Å². The summed E-state index contributed by atoms with van der Waals surface area (Å²) in [6.07, 6.45) is 8.28. The minimum absolute atomic E-state index is 0.00563. The summed E-state index contributed by atoms with van der Waals surface area (Å²) in [6.45, 7) is 2.09. The van der Waals surface area contributed by atoms with Crippen LogP contribution in [0.5, 0.6) is 0 Å². The molecule has 0 radical (unpaired) electrons. The smallest absolute Gasteiger partial charge is 0.242 e. The van der Waals surface area contributed by atoms with Crippen LogP contribution in [0.3, 0.4) is 0 Å². The number of ether oxygens (including phenoxy) is 1. The third-order valence-corrected chi connectivity index (χ3v) is 7.80. The maximum absolute atomic E-state index is 13.5. The predicted molar refractivity (Wildman–Crippen MR) is 132 cm³/mol. The van der Waals surface area contributed by atoms with Gasteiger partial charge in [-0.15, -0.1) is 11.3 Å². The maximum atomic E-state index is 13.5. The van der Waals surface area contributed by atoms with Crippen LogP contribution in [0.4, 0.5) is 4.39 Å². The minimum atomic E-state index is -0.296. The summed E-state index contributed by atoms with van der Waals surface area (Å²) in [7, 11) is 0. The Hall–Kier alpha value is -2.25. The number of amides is 2. The first kappa shape index (κ1) is 24.9. The average molecular weight is 487 g/mol. The molecule has 2 heterocycles. The number of benzene rings is 1. The fourth-order valence-corrected chi connectivity index (χ4v) is 5.69. The minimum Gasteiger partial charge on any atom is -0.376 e. The highest BCUT2D eigenvalue weighted by molar-refractivity contribution is 7.09. The van der Waals surface area contributed by atoms with Gasteiger partial charge >= 0.3 is 0 Å². The van der Waals surface area contributed by atoms with Crippen molar-refractivity contribution < 1.29 is 18.7 Å². The van der Waals surface area contributed by atoms with Crippen LogP contribution in [0.25, 0.3) is 0 Å². The van der Waals surface area contributed by atoms with E-state index in [0.29, 0.717) is 32.0 Å². The van der Waals surface area contributed by atoms with Gasteiger partial charge in [0.25, 0.3) is 0 Å². The number of nitrogens with zero attached hydrogens (tertiary/aromatic N) is 2. The van der Waals surface area contributed by atoms with Crippen LogP contribution in [0, 0.1) is 11.7 Å². The molecule has 2 aliphatic rings. The predicted octanol–water partition coefficient (Wildman–Crippen LogP) is 5.39. The Kier molecular flexibility index (Phi) is 9.11. The number of thiophene rings is 1. The van der Waals surface area contributed by atoms with Crippen molar-refractivity contribution >= 4 is 23.2 Å². The molecule has 1 saturated carbocycles. The summed E-state index contributed by atoms with van der Waals surface area (Å²) >= 11 is 1.60. The van der Waals surface area contributed by atoms with Crippen molar-refractivity contribution in [2.24, 2.45) is 5.92 Å². The molecule has 184 valence electrons. The number of hydrogen-bond acceptors (Lipinski definition) is 4. The number of hydrogen-bond donors (Lipinski definition) is 0. The van der Waals surface area contributed by atoms with Gasteiger partial charge in [0.15, 0.2) is 0 Å². The molecule has 1 saturated heterocycles. The molecule has 2 fully saturated rings. The first-order valence-corrected chi connectivity index (χ1v) is 13.4. The largest absolute Gasteiger partial charge is 0.376 e. The van der Waals surface area contributed by atoms with Gasteiger partial charge in [-0.2, -0.15) is 0 Å². The molecule has 5 nitrogen and oxygen atoms in total. The Bertz CT molecular complexity index is 906. The zero-order valence-electron chi connectivity index (χ0n) is 19.8. The van der Waals surface area contributed by atoms with E-state index >= 15 is 0 Å². The lowest BCUT2D eigenvalue weighted by Gasteiger charge is -2.29. The van der Waals surface area contributed by atoms with E-state index in [1.807, 2.05) is 17.5 Å². The van der Waals surface area contributed by atoms with Crippen molar-refractivity contribution in [2.45, 2.75) is 70.6 Å². The lowest BCUT2D eigenvalue weighted by Crippen LogP contribution is -2.45. The molecule has 0 spiro atoms. The zero-order chi connectivity index (χ0) is 23.8. The highest BCUT2D eigenvalue weighted by atomic mass is 32.1. The van der Waals surface area contributed by atoms with E-state index in [2.05, 4.69) is 0 Å². The Morgan fingerprint density at radius 3 is 2.44 bits per heavy atom. The van der Waals surface area contributed by atoms with Crippen molar-refractivity contribution in [3.05, 3.63) is 58.0 Å². The second-order valence-electron chi connectivity index (χ2n) is 9.55. The topological polar surface area (TPSA) is 49.9 Å².